The maximum absolute atomic E-state index is 10.8. The summed E-state index contributed by atoms with van der Waals surface area (Å²) in [6.45, 7) is 0. The molecule has 25 heavy (non-hydrogen) atoms. The second kappa shape index (κ2) is 6.62. The third kappa shape index (κ3) is 3.02. The highest BCUT2D eigenvalue weighted by molar-refractivity contribution is 6.00. The molecular weight excluding hydrogens is 306 g/mol. The van der Waals surface area contributed by atoms with E-state index < -0.39 is 0 Å². The van der Waals surface area contributed by atoms with E-state index in [9.17, 15) is 5.11 Å². The van der Waals surface area contributed by atoms with Crippen LogP contribution < -0.4 is 0 Å². The number of aromatic hydroxyl groups is 1. The molecule has 0 aromatic heterocycles. The maximum Gasteiger partial charge on any atom is 0.132 e. The standard InChI is InChI=1S/C23H17NO/c25-23-18(16-24-19-11-2-1-3-12-19)10-7-15-22(23)21-14-6-9-17-8-4-5-13-20(17)21/h1-16,25H. The van der Waals surface area contributed by atoms with E-state index in [1.54, 1.807) is 6.21 Å². The lowest BCUT2D eigenvalue weighted by molar-refractivity contribution is 0.476. The number of hydrogen-bond acceptors (Lipinski definition) is 2. The molecule has 0 aliphatic carbocycles. The van der Waals surface area contributed by atoms with Gasteiger partial charge in [0.1, 0.15) is 5.75 Å². The molecule has 4 rings (SSSR count). The zero-order chi connectivity index (χ0) is 17.1. The summed E-state index contributed by atoms with van der Waals surface area (Å²) in [4.78, 5) is 4.45. The molecule has 0 atom stereocenters. The number of para-hydroxylation sites is 2. The largest absolute Gasteiger partial charge is 0.507 e. The lowest BCUT2D eigenvalue weighted by Gasteiger charge is -2.10. The minimum Gasteiger partial charge on any atom is -0.507 e. The van der Waals surface area contributed by atoms with Crippen LogP contribution in [0.15, 0.2) is 96.0 Å². The van der Waals surface area contributed by atoms with E-state index in [-0.39, 0.29) is 5.75 Å². The molecule has 120 valence electrons. The Morgan fingerprint density at radius 3 is 2.20 bits per heavy atom. The summed E-state index contributed by atoms with van der Waals surface area (Å²) in [5.41, 5.74) is 3.39. The Kier molecular flexibility index (Phi) is 4.01. The van der Waals surface area contributed by atoms with E-state index in [2.05, 4.69) is 23.2 Å². The summed E-state index contributed by atoms with van der Waals surface area (Å²) < 4.78 is 0. The first-order valence-electron chi connectivity index (χ1n) is 8.22. The highest BCUT2D eigenvalue weighted by Gasteiger charge is 2.10. The van der Waals surface area contributed by atoms with Gasteiger partial charge < -0.3 is 5.11 Å². The number of hydrogen-bond donors (Lipinski definition) is 1. The molecule has 0 heterocycles. The molecule has 1 N–H and O–H groups in total. The van der Waals surface area contributed by atoms with Gasteiger partial charge in [-0.05, 0) is 34.5 Å². The zero-order valence-corrected chi connectivity index (χ0v) is 13.6. The molecule has 0 unspecified atom stereocenters. The van der Waals surface area contributed by atoms with Gasteiger partial charge in [-0.25, -0.2) is 0 Å². The number of phenols is 1. The minimum absolute atomic E-state index is 0.249. The Morgan fingerprint density at radius 2 is 1.32 bits per heavy atom. The second-order valence-electron chi connectivity index (χ2n) is 5.86. The molecular formula is C23H17NO. The number of phenolic OH excluding ortho intramolecular Hbond substituents is 1. The predicted molar refractivity (Wildman–Crippen MR) is 105 cm³/mol. The van der Waals surface area contributed by atoms with Crippen molar-refractivity contribution < 1.29 is 5.11 Å². The molecule has 4 aromatic carbocycles. The van der Waals surface area contributed by atoms with Gasteiger partial charge in [0, 0.05) is 17.3 Å². The number of fused-ring (bicyclic) bond motifs is 1. The first kappa shape index (κ1) is 15.2. The van der Waals surface area contributed by atoms with Crippen LogP contribution in [0.4, 0.5) is 5.69 Å². The van der Waals surface area contributed by atoms with Gasteiger partial charge in [0.15, 0.2) is 0 Å². The number of rotatable bonds is 3. The molecule has 2 heteroatoms. The molecule has 0 saturated heterocycles. The number of benzene rings is 4. The van der Waals surface area contributed by atoms with Crippen LogP contribution in [0, 0.1) is 0 Å². The molecule has 0 radical (unpaired) electrons. The van der Waals surface area contributed by atoms with E-state index in [0.29, 0.717) is 5.56 Å². The summed E-state index contributed by atoms with van der Waals surface area (Å²) in [7, 11) is 0. The lowest BCUT2D eigenvalue weighted by atomic mass is 9.96. The number of aliphatic imine (C=N–C) groups is 1. The molecule has 0 bridgehead atoms. The van der Waals surface area contributed by atoms with Gasteiger partial charge in [-0.3, -0.25) is 4.99 Å². The van der Waals surface area contributed by atoms with Gasteiger partial charge >= 0.3 is 0 Å². The van der Waals surface area contributed by atoms with Crippen LogP contribution in [-0.4, -0.2) is 11.3 Å². The first-order chi connectivity index (χ1) is 12.3. The van der Waals surface area contributed by atoms with Crippen LogP contribution >= 0.6 is 0 Å². The summed E-state index contributed by atoms with van der Waals surface area (Å²) in [5, 5.41) is 13.1. The monoisotopic (exact) mass is 323 g/mol. The summed E-state index contributed by atoms with van der Waals surface area (Å²) in [6.07, 6.45) is 1.71. The van der Waals surface area contributed by atoms with Crippen molar-refractivity contribution >= 4 is 22.7 Å². The molecule has 0 amide bonds. The fraction of sp³-hybridized carbons (Fsp3) is 0. The average molecular weight is 323 g/mol. The van der Waals surface area contributed by atoms with Gasteiger partial charge in [-0.15, -0.1) is 0 Å². The van der Waals surface area contributed by atoms with Crippen molar-refractivity contribution in [2.45, 2.75) is 0 Å². The molecule has 0 saturated carbocycles. The van der Waals surface area contributed by atoms with Crippen molar-refractivity contribution in [1.82, 2.24) is 0 Å². The Labute approximate surface area is 146 Å². The van der Waals surface area contributed by atoms with E-state index in [1.165, 1.54) is 0 Å². The first-order valence-corrected chi connectivity index (χ1v) is 8.22. The SMILES string of the molecule is Oc1c(C=Nc2ccccc2)cccc1-c1cccc2ccccc12. The lowest BCUT2D eigenvalue weighted by Crippen LogP contribution is -1.87. The van der Waals surface area contributed by atoms with Crippen LogP contribution in [0.5, 0.6) is 5.75 Å². The van der Waals surface area contributed by atoms with Crippen molar-refractivity contribution in [3.63, 3.8) is 0 Å². The second-order valence-corrected chi connectivity index (χ2v) is 5.86. The third-order valence-electron chi connectivity index (χ3n) is 4.26. The zero-order valence-electron chi connectivity index (χ0n) is 13.6. The van der Waals surface area contributed by atoms with Gasteiger partial charge in [-0.1, -0.05) is 72.8 Å². The summed E-state index contributed by atoms with van der Waals surface area (Å²) in [6, 6.07) is 29.8. The average Bonchev–Trinajstić information content (AvgIpc) is 2.68. The predicted octanol–water partition coefficient (Wildman–Crippen LogP) is 5.96. The molecule has 2 nitrogen and oxygen atoms in total. The van der Waals surface area contributed by atoms with Gasteiger partial charge in [0.25, 0.3) is 0 Å². The highest BCUT2D eigenvalue weighted by Crippen LogP contribution is 2.36. The van der Waals surface area contributed by atoms with Gasteiger partial charge in [-0.2, -0.15) is 0 Å². The van der Waals surface area contributed by atoms with Crippen molar-refractivity contribution in [2.75, 3.05) is 0 Å². The van der Waals surface area contributed by atoms with E-state index in [4.69, 9.17) is 0 Å². The van der Waals surface area contributed by atoms with Crippen LogP contribution in [0.1, 0.15) is 5.56 Å². The van der Waals surface area contributed by atoms with E-state index in [0.717, 1.165) is 27.6 Å². The Morgan fingerprint density at radius 1 is 0.640 bits per heavy atom. The minimum atomic E-state index is 0.249. The third-order valence-corrected chi connectivity index (χ3v) is 4.26. The van der Waals surface area contributed by atoms with Crippen molar-refractivity contribution in [3.05, 3.63) is 96.6 Å². The van der Waals surface area contributed by atoms with Gasteiger partial charge in [0.05, 0.1) is 5.69 Å². The topological polar surface area (TPSA) is 32.6 Å². The molecule has 4 aromatic rings. The Balaban J connectivity index is 1.80. The van der Waals surface area contributed by atoms with Crippen molar-refractivity contribution in [2.24, 2.45) is 4.99 Å². The maximum atomic E-state index is 10.8. The quantitative estimate of drug-likeness (QED) is 0.463. The normalized spacial score (nSPS) is 11.2. The van der Waals surface area contributed by atoms with E-state index in [1.807, 2.05) is 72.8 Å². The fourth-order valence-electron chi connectivity index (χ4n) is 3.00. The van der Waals surface area contributed by atoms with E-state index >= 15 is 0 Å². The summed E-state index contributed by atoms with van der Waals surface area (Å²) >= 11 is 0. The Bertz CT molecular complexity index is 1050. The van der Waals surface area contributed by atoms with Gasteiger partial charge in [0.2, 0.25) is 0 Å². The van der Waals surface area contributed by atoms with Crippen molar-refractivity contribution in [3.8, 4) is 16.9 Å². The van der Waals surface area contributed by atoms with Crippen LogP contribution in [0.25, 0.3) is 21.9 Å². The highest BCUT2D eigenvalue weighted by atomic mass is 16.3. The Hall–Kier alpha value is -3.39. The smallest absolute Gasteiger partial charge is 0.132 e. The number of nitrogens with zero attached hydrogens (tertiary/aromatic N) is 1. The summed E-state index contributed by atoms with van der Waals surface area (Å²) in [5.74, 6) is 0.249. The molecule has 0 fully saturated rings. The molecule has 0 aliphatic rings. The van der Waals surface area contributed by atoms with Crippen LogP contribution in [0.2, 0.25) is 0 Å². The molecule has 0 spiro atoms. The fourth-order valence-corrected chi connectivity index (χ4v) is 3.00. The van der Waals surface area contributed by atoms with Crippen molar-refractivity contribution in [1.29, 1.82) is 0 Å². The van der Waals surface area contributed by atoms with Crippen LogP contribution in [0.3, 0.4) is 0 Å². The van der Waals surface area contributed by atoms with Crippen LogP contribution in [-0.2, 0) is 0 Å². The molecule has 0 aliphatic heterocycles.